The summed E-state index contributed by atoms with van der Waals surface area (Å²) >= 11 is 0. The van der Waals surface area contributed by atoms with Crippen LogP contribution in [0.2, 0.25) is 0 Å². The first-order valence-corrected chi connectivity index (χ1v) is 7.74. The van der Waals surface area contributed by atoms with Crippen LogP contribution in [0.3, 0.4) is 0 Å². The Bertz CT molecular complexity index is 571. The molecule has 1 saturated carbocycles. The average Bonchev–Trinajstić information content (AvgIpc) is 3.16. The van der Waals surface area contributed by atoms with Crippen LogP contribution in [0.1, 0.15) is 25.7 Å². The Balaban J connectivity index is 1.97. The summed E-state index contributed by atoms with van der Waals surface area (Å²) in [6, 6.07) is 0. The summed E-state index contributed by atoms with van der Waals surface area (Å²) in [5, 5.41) is 11.1. The van der Waals surface area contributed by atoms with Crippen LogP contribution < -0.4 is 0 Å². The van der Waals surface area contributed by atoms with Crippen molar-refractivity contribution in [1.29, 1.82) is 0 Å². The van der Waals surface area contributed by atoms with Gasteiger partial charge in [0.05, 0.1) is 13.2 Å². The van der Waals surface area contributed by atoms with Crippen LogP contribution in [0.15, 0.2) is 11.3 Å². The van der Waals surface area contributed by atoms with Gasteiger partial charge in [-0.2, -0.15) is 0 Å². The molecule has 0 radical (unpaired) electrons. The lowest BCUT2D eigenvalue weighted by Gasteiger charge is -2.32. The highest BCUT2D eigenvalue weighted by Gasteiger charge is 2.29. The highest BCUT2D eigenvalue weighted by atomic mass is 16.6. The Morgan fingerprint density at radius 3 is 2.73 bits per heavy atom. The minimum Gasteiger partial charge on any atom is -0.378 e. The number of aliphatic imine (C=N–C) groups is 1. The van der Waals surface area contributed by atoms with Crippen molar-refractivity contribution in [3.63, 3.8) is 0 Å². The molecule has 1 aliphatic heterocycles. The van der Waals surface area contributed by atoms with E-state index in [1.54, 1.807) is 11.6 Å². The molecule has 2 aliphatic rings. The smallest absolute Gasteiger partial charge is 0.378 e. The molecular formula is C14H21N5O3. The lowest BCUT2D eigenvalue weighted by atomic mass is 10.1. The summed E-state index contributed by atoms with van der Waals surface area (Å²) in [5.41, 5.74) is 0. The van der Waals surface area contributed by atoms with E-state index < -0.39 is 4.92 Å². The lowest BCUT2D eigenvalue weighted by molar-refractivity contribution is -0.388. The van der Waals surface area contributed by atoms with Crippen LogP contribution in [0.4, 0.5) is 11.6 Å². The molecule has 1 aromatic heterocycles. The van der Waals surface area contributed by atoms with Crippen molar-refractivity contribution in [1.82, 2.24) is 14.5 Å². The first kappa shape index (κ1) is 15.0. The van der Waals surface area contributed by atoms with E-state index in [0.29, 0.717) is 24.9 Å². The fourth-order valence-corrected chi connectivity index (χ4v) is 3.17. The van der Waals surface area contributed by atoms with Gasteiger partial charge in [-0.15, -0.1) is 0 Å². The number of ether oxygens (including phenoxy) is 1. The van der Waals surface area contributed by atoms with Crippen LogP contribution in [0.25, 0.3) is 0 Å². The number of amidine groups is 1. The van der Waals surface area contributed by atoms with Gasteiger partial charge in [0.15, 0.2) is 0 Å². The van der Waals surface area contributed by atoms with Crippen molar-refractivity contribution >= 4 is 17.5 Å². The van der Waals surface area contributed by atoms with E-state index >= 15 is 0 Å². The zero-order valence-corrected chi connectivity index (χ0v) is 12.8. The van der Waals surface area contributed by atoms with Crippen molar-refractivity contribution in [2.75, 3.05) is 26.3 Å². The zero-order chi connectivity index (χ0) is 15.5. The number of morpholine rings is 1. The fraction of sp³-hybridized carbons (Fsp3) is 0.714. The van der Waals surface area contributed by atoms with Crippen molar-refractivity contribution in [3.8, 4) is 0 Å². The van der Waals surface area contributed by atoms with E-state index in [1.165, 1.54) is 19.2 Å². The van der Waals surface area contributed by atoms with Gasteiger partial charge < -0.3 is 19.8 Å². The molecule has 3 rings (SSSR count). The summed E-state index contributed by atoms with van der Waals surface area (Å²) < 4.78 is 7.03. The molecule has 0 spiro atoms. The van der Waals surface area contributed by atoms with Gasteiger partial charge in [0, 0.05) is 26.1 Å². The van der Waals surface area contributed by atoms with E-state index in [4.69, 9.17) is 9.73 Å². The van der Waals surface area contributed by atoms with Gasteiger partial charge in [0.2, 0.25) is 12.1 Å². The molecule has 8 nitrogen and oxygen atoms in total. The molecule has 2 fully saturated rings. The predicted molar refractivity (Wildman–Crippen MR) is 81.3 cm³/mol. The van der Waals surface area contributed by atoms with Gasteiger partial charge in [-0.05, 0) is 22.7 Å². The molecule has 1 saturated heterocycles. The summed E-state index contributed by atoms with van der Waals surface area (Å²) in [7, 11) is 1.74. The van der Waals surface area contributed by atoms with Gasteiger partial charge in [-0.1, -0.05) is 12.8 Å². The molecule has 2 heterocycles. The molecule has 0 unspecified atom stereocenters. The first-order valence-electron chi connectivity index (χ1n) is 7.74. The Labute approximate surface area is 128 Å². The van der Waals surface area contributed by atoms with Gasteiger partial charge in [0.25, 0.3) is 0 Å². The van der Waals surface area contributed by atoms with E-state index in [-0.39, 0.29) is 5.82 Å². The van der Waals surface area contributed by atoms with Gasteiger partial charge in [-0.3, -0.25) is 4.57 Å². The largest absolute Gasteiger partial charge is 0.408 e. The van der Waals surface area contributed by atoms with Gasteiger partial charge >= 0.3 is 5.82 Å². The van der Waals surface area contributed by atoms with E-state index in [2.05, 4.69) is 9.88 Å². The number of imidazole rings is 1. The second-order valence-electron chi connectivity index (χ2n) is 5.81. The maximum absolute atomic E-state index is 11.1. The van der Waals surface area contributed by atoms with Crippen molar-refractivity contribution in [2.45, 2.75) is 25.7 Å². The molecule has 0 atom stereocenters. The molecule has 22 heavy (non-hydrogen) atoms. The van der Waals surface area contributed by atoms with E-state index in [1.807, 2.05) is 0 Å². The third-order valence-electron chi connectivity index (χ3n) is 4.34. The predicted octanol–water partition coefficient (Wildman–Crippen LogP) is 1.88. The number of nitrogens with zero attached hydrogens (tertiary/aromatic N) is 5. The third-order valence-corrected chi connectivity index (χ3v) is 4.34. The number of aromatic nitrogens is 2. The monoisotopic (exact) mass is 307 g/mol. The van der Waals surface area contributed by atoms with E-state index in [9.17, 15) is 10.1 Å². The number of hydrogen-bond donors (Lipinski definition) is 0. The Morgan fingerprint density at radius 1 is 1.41 bits per heavy atom. The topological polar surface area (TPSA) is 85.8 Å². The van der Waals surface area contributed by atoms with Crippen LogP contribution >= 0.6 is 0 Å². The molecule has 0 aromatic carbocycles. The fourth-order valence-electron chi connectivity index (χ4n) is 3.17. The quantitative estimate of drug-likeness (QED) is 0.368. The SMILES string of the molecule is Cn1cnc([N+](=O)[O-])c1/N=C(\C1CCCC1)N1CCOCC1. The summed E-state index contributed by atoms with van der Waals surface area (Å²) in [5.74, 6) is 1.50. The highest BCUT2D eigenvalue weighted by molar-refractivity contribution is 5.87. The molecule has 0 bridgehead atoms. The Morgan fingerprint density at radius 2 is 2.09 bits per heavy atom. The third kappa shape index (κ3) is 2.96. The maximum Gasteiger partial charge on any atom is 0.408 e. The average molecular weight is 307 g/mol. The highest BCUT2D eigenvalue weighted by Crippen LogP contribution is 2.31. The van der Waals surface area contributed by atoms with Crippen LogP contribution in [0, 0.1) is 16.0 Å². The normalized spacial score (nSPS) is 20.6. The summed E-state index contributed by atoms with van der Waals surface area (Å²) in [6.45, 7) is 2.94. The molecule has 8 heteroatoms. The van der Waals surface area contributed by atoms with Gasteiger partial charge in [0.1, 0.15) is 5.84 Å². The van der Waals surface area contributed by atoms with Crippen molar-refractivity contribution in [2.24, 2.45) is 18.0 Å². The minimum absolute atomic E-state index is 0.175. The van der Waals surface area contributed by atoms with Crippen molar-refractivity contribution in [3.05, 3.63) is 16.4 Å². The standard InChI is InChI=1S/C14H21N5O3/c1-17-10-15-13(19(20)21)14(17)16-12(11-4-2-3-5-11)18-6-8-22-9-7-18/h10-11H,2-9H2,1H3/b16-12+. The number of rotatable bonds is 3. The van der Waals surface area contributed by atoms with Crippen LogP contribution in [-0.2, 0) is 11.8 Å². The number of aryl methyl sites for hydroxylation is 1. The Hall–Kier alpha value is -1.96. The second-order valence-corrected chi connectivity index (χ2v) is 5.81. The molecule has 120 valence electrons. The van der Waals surface area contributed by atoms with Crippen LogP contribution in [-0.4, -0.2) is 51.5 Å². The molecule has 0 N–H and O–H groups in total. The van der Waals surface area contributed by atoms with Gasteiger partial charge in [-0.25, -0.2) is 4.99 Å². The number of hydrogen-bond acceptors (Lipinski definition) is 5. The molecule has 1 aliphatic carbocycles. The minimum atomic E-state index is -0.468. The van der Waals surface area contributed by atoms with Crippen LogP contribution in [0.5, 0.6) is 0 Å². The number of nitro groups is 1. The van der Waals surface area contributed by atoms with Crippen molar-refractivity contribution < 1.29 is 9.66 Å². The zero-order valence-electron chi connectivity index (χ0n) is 12.8. The first-order chi connectivity index (χ1) is 10.7. The summed E-state index contributed by atoms with van der Waals surface area (Å²) in [4.78, 5) is 21.4. The second kappa shape index (κ2) is 6.43. The lowest BCUT2D eigenvalue weighted by Crippen LogP contribution is -2.43. The maximum atomic E-state index is 11.1. The molecular weight excluding hydrogens is 286 g/mol. The molecule has 0 amide bonds. The Kier molecular flexibility index (Phi) is 4.37. The van der Waals surface area contributed by atoms with E-state index in [0.717, 1.165) is 31.8 Å². The molecule has 1 aromatic rings. The summed E-state index contributed by atoms with van der Waals surface area (Å²) in [6.07, 6.45) is 6.04.